The summed E-state index contributed by atoms with van der Waals surface area (Å²) in [6, 6.07) is 6.55. The van der Waals surface area contributed by atoms with Crippen LogP contribution in [0.1, 0.15) is 23.7 Å². The Bertz CT molecular complexity index is 591. The van der Waals surface area contributed by atoms with E-state index in [1.54, 1.807) is 36.8 Å². The third kappa shape index (κ3) is 4.76. The van der Waals surface area contributed by atoms with Crippen LogP contribution in [-0.4, -0.2) is 27.9 Å². The number of anilines is 1. The van der Waals surface area contributed by atoms with Crippen molar-refractivity contribution in [2.75, 3.05) is 11.9 Å². The van der Waals surface area contributed by atoms with Crippen LogP contribution in [0.3, 0.4) is 0 Å². The van der Waals surface area contributed by atoms with Gasteiger partial charge < -0.3 is 15.2 Å². The quantitative estimate of drug-likeness (QED) is 0.632. The van der Waals surface area contributed by atoms with Crippen LogP contribution in [0.4, 0.5) is 10.5 Å². The summed E-state index contributed by atoms with van der Waals surface area (Å²) in [5.74, 6) is 0.00510. The Kier molecular flexibility index (Phi) is 5.09. The number of imidazole rings is 1. The second-order valence-electron chi connectivity index (χ2n) is 4.67. The highest BCUT2D eigenvalue weighted by molar-refractivity contribution is 5.95. The molecule has 21 heavy (non-hydrogen) atoms. The van der Waals surface area contributed by atoms with E-state index in [-0.39, 0.29) is 11.8 Å². The predicted octanol–water partition coefficient (Wildman–Crippen LogP) is 2.30. The zero-order valence-corrected chi connectivity index (χ0v) is 11.9. The monoisotopic (exact) mass is 286 g/mol. The van der Waals surface area contributed by atoms with Crippen molar-refractivity contribution in [2.45, 2.75) is 19.9 Å². The number of hydrogen-bond acceptors (Lipinski definition) is 3. The molecule has 1 aromatic carbocycles. The van der Waals surface area contributed by atoms with Gasteiger partial charge in [-0.05, 0) is 37.6 Å². The molecule has 2 rings (SSSR count). The van der Waals surface area contributed by atoms with Gasteiger partial charge in [0.05, 0.1) is 6.33 Å². The van der Waals surface area contributed by atoms with Crippen LogP contribution in [0.25, 0.3) is 0 Å². The molecular formula is C15H18N4O2. The minimum atomic E-state index is -0.254. The van der Waals surface area contributed by atoms with E-state index in [0.717, 1.165) is 13.0 Å². The third-order valence-corrected chi connectivity index (χ3v) is 2.99. The van der Waals surface area contributed by atoms with E-state index in [1.165, 1.54) is 6.92 Å². The van der Waals surface area contributed by atoms with Crippen molar-refractivity contribution in [3.8, 4) is 0 Å². The van der Waals surface area contributed by atoms with Crippen LogP contribution in [-0.2, 0) is 6.54 Å². The molecule has 0 atom stereocenters. The normalized spacial score (nSPS) is 10.1. The van der Waals surface area contributed by atoms with Gasteiger partial charge >= 0.3 is 6.03 Å². The molecule has 0 aliphatic heterocycles. The van der Waals surface area contributed by atoms with Crippen LogP contribution >= 0.6 is 0 Å². The molecule has 0 spiro atoms. The Hall–Kier alpha value is -2.63. The number of Topliss-reactive ketones (excluding diaryl/α,β-unsaturated/α-hetero) is 1. The SMILES string of the molecule is CC(=O)c1ccc(NC(=O)NCCCn2ccnc2)cc1. The highest BCUT2D eigenvalue weighted by atomic mass is 16.2. The minimum absolute atomic E-state index is 0.00510. The van der Waals surface area contributed by atoms with Crippen molar-refractivity contribution in [3.05, 3.63) is 48.5 Å². The van der Waals surface area contributed by atoms with Gasteiger partial charge in [0.25, 0.3) is 0 Å². The van der Waals surface area contributed by atoms with Crippen LogP contribution in [0.2, 0.25) is 0 Å². The maximum Gasteiger partial charge on any atom is 0.319 e. The molecule has 2 N–H and O–H groups in total. The van der Waals surface area contributed by atoms with Crippen molar-refractivity contribution in [3.63, 3.8) is 0 Å². The first-order chi connectivity index (χ1) is 10.1. The van der Waals surface area contributed by atoms with E-state index in [1.807, 2.05) is 10.8 Å². The van der Waals surface area contributed by atoms with Gasteiger partial charge in [0.1, 0.15) is 0 Å². The van der Waals surface area contributed by atoms with Gasteiger partial charge in [-0.1, -0.05) is 0 Å². The summed E-state index contributed by atoms with van der Waals surface area (Å²) in [7, 11) is 0. The third-order valence-electron chi connectivity index (χ3n) is 2.99. The van der Waals surface area contributed by atoms with E-state index in [4.69, 9.17) is 0 Å². The van der Waals surface area contributed by atoms with Gasteiger partial charge in [-0.15, -0.1) is 0 Å². The summed E-state index contributed by atoms with van der Waals surface area (Å²) in [5.41, 5.74) is 1.29. The molecule has 0 bridgehead atoms. The number of ketones is 1. The van der Waals surface area contributed by atoms with Crippen LogP contribution in [0, 0.1) is 0 Å². The zero-order valence-electron chi connectivity index (χ0n) is 11.9. The van der Waals surface area contributed by atoms with Crippen molar-refractivity contribution < 1.29 is 9.59 Å². The lowest BCUT2D eigenvalue weighted by Gasteiger charge is -2.08. The lowest BCUT2D eigenvalue weighted by molar-refractivity contribution is 0.101. The van der Waals surface area contributed by atoms with Crippen LogP contribution < -0.4 is 10.6 Å². The summed E-state index contributed by atoms with van der Waals surface area (Å²) < 4.78 is 1.96. The van der Waals surface area contributed by atoms with Crippen LogP contribution in [0.15, 0.2) is 43.0 Å². The Labute approximate surface area is 123 Å². The maximum atomic E-state index is 11.7. The molecule has 1 heterocycles. The number of aryl methyl sites for hydroxylation is 1. The van der Waals surface area contributed by atoms with Crippen LogP contribution in [0.5, 0.6) is 0 Å². The average molecular weight is 286 g/mol. The average Bonchev–Trinajstić information content (AvgIpc) is 2.97. The molecule has 0 radical (unpaired) electrons. The number of hydrogen-bond donors (Lipinski definition) is 2. The van der Waals surface area contributed by atoms with Gasteiger partial charge in [0.2, 0.25) is 0 Å². The summed E-state index contributed by atoms with van der Waals surface area (Å²) >= 11 is 0. The molecule has 0 aliphatic carbocycles. The van der Waals surface area contributed by atoms with E-state index >= 15 is 0 Å². The predicted molar refractivity (Wildman–Crippen MR) is 80.3 cm³/mol. The van der Waals surface area contributed by atoms with Gasteiger partial charge in [0, 0.05) is 36.7 Å². The number of aromatic nitrogens is 2. The van der Waals surface area contributed by atoms with Crippen molar-refractivity contribution in [1.29, 1.82) is 0 Å². The van der Waals surface area contributed by atoms with Gasteiger partial charge in [-0.25, -0.2) is 9.78 Å². The standard InChI is InChI=1S/C15H18N4O2/c1-12(20)13-3-5-14(6-4-13)18-15(21)17-7-2-9-19-10-8-16-11-19/h3-6,8,10-11H,2,7,9H2,1H3,(H2,17,18,21). The first kappa shape index (κ1) is 14.8. The molecule has 1 aromatic heterocycles. The molecule has 2 amide bonds. The maximum absolute atomic E-state index is 11.7. The Morgan fingerprint density at radius 3 is 2.62 bits per heavy atom. The zero-order chi connectivity index (χ0) is 15.1. The second-order valence-corrected chi connectivity index (χ2v) is 4.67. The molecule has 2 aromatic rings. The summed E-state index contributed by atoms with van der Waals surface area (Å²) in [4.78, 5) is 26.8. The first-order valence-electron chi connectivity index (χ1n) is 6.77. The molecule has 6 heteroatoms. The Morgan fingerprint density at radius 1 is 1.24 bits per heavy atom. The number of carbonyl (C=O) groups is 2. The first-order valence-corrected chi connectivity index (χ1v) is 6.77. The number of nitrogens with zero attached hydrogens (tertiary/aromatic N) is 2. The van der Waals surface area contributed by atoms with E-state index < -0.39 is 0 Å². The Morgan fingerprint density at radius 2 is 2.00 bits per heavy atom. The number of benzene rings is 1. The highest BCUT2D eigenvalue weighted by Crippen LogP contribution is 2.09. The molecule has 6 nitrogen and oxygen atoms in total. The summed E-state index contributed by atoms with van der Waals surface area (Å²) in [6.07, 6.45) is 6.19. The van der Waals surface area contributed by atoms with E-state index in [9.17, 15) is 9.59 Å². The largest absolute Gasteiger partial charge is 0.338 e. The molecule has 110 valence electrons. The fourth-order valence-electron chi connectivity index (χ4n) is 1.85. The molecular weight excluding hydrogens is 268 g/mol. The van der Waals surface area contributed by atoms with Gasteiger partial charge in [-0.3, -0.25) is 4.79 Å². The number of urea groups is 1. The number of carbonyl (C=O) groups excluding carboxylic acids is 2. The van der Waals surface area contributed by atoms with E-state index in [2.05, 4.69) is 15.6 Å². The second kappa shape index (κ2) is 7.23. The fourth-order valence-corrected chi connectivity index (χ4v) is 1.85. The van der Waals surface area contributed by atoms with Crippen molar-refractivity contribution in [2.24, 2.45) is 0 Å². The fraction of sp³-hybridized carbons (Fsp3) is 0.267. The van der Waals surface area contributed by atoms with E-state index in [0.29, 0.717) is 17.8 Å². The van der Waals surface area contributed by atoms with Gasteiger partial charge in [-0.2, -0.15) is 0 Å². The molecule has 0 aliphatic rings. The number of amides is 2. The highest BCUT2D eigenvalue weighted by Gasteiger charge is 2.02. The minimum Gasteiger partial charge on any atom is -0.338 e. The topological polar surface area (TPSA) is 76.0 Å². The molecule has 0 saturated carbocycles. The molecule has 0 unspecified atom stereocenters. The Balaban J connectivity index is 1.70. The number of rotatable bonds is 6. The van der Waals surface area contributed by atoms with Crippen molar-refractivity contribution >= 4 is 17.5 Å². The number of nitrogens with one attached hydrogen (secondary N) is 2. The molecule has 0 fully saturated rings. The summed E-state index contributed by atoms with van der Waals surface area (Å²) in [6.45, 7) is 2.90. The lowest BCUT2D eigenvalue weighted by atomic mass is 10.1. The molecule has 0 saturated heterocycles. The van der Waals surface area contributed by atoms with Gasteiger partial charge in [0.15, 0.2) is 5.78 Å². The summed E-state index contributed by atoms with van der Waals surface area (Å²) in [5, 5.41) is 5.50. The van der Waals surface area contributed by atoms with Crippen molar-refractivity contribution in [1.82, 2.24) is 14.9 Å². The smallest absolute Gasteiger partial charge is 0.319 e. The lowest BCUT2D eigenvalue weighted by Crippen LogP contribution is -2.30.